The summed E-state index contributed by atoms with van der Waals surface area (Å²) in [6, 6.07) is 6.60. The molecule has 1 saturated heterocycles. The van der Waals surface area contributed by atoms with Gasteiger partial charge in [0, 0.05) is 26.2 Å². The van der Waals surface area contributed by atoms with Gasteiger partial charge in [-0.1, -0.05) is 18.2 Å². The Morgan fingerprint density at radius 1 is 1.42 bits per heavy atom. The van der Waals surface area contributed by atoms with Crippen molar-refractivity contribution in [2.45, 2.75) is 26.4 Å². The van der Waals surface area contributed by atoms with Gasteiger partial charge in [0.1, 0.15) is 0 Å². The summed E-state index contributed by atoms with van der Waals surface area (Å²) in [5.74, 6) is 0.832. The van der Waals surface area contributed by atoms with E-state index in [9.17, 15) is 0 Å². The summed E-state index contributed by atoms with van der Waals surface area (Å²) in [7, 11) is 4.45. The third kappa shape index (κ3) is 4.03. The van der Waals surface area contributed by atoms with Crippen LogP contribution in [0.4, 0.5) is 0 Å². The zero-order valence-corrected chi connectivity index (χ0v) is 12.5. The molecule has 2 N–H and O–H groups in total. The average Bonchev–Trinajstić information content (AvgIpc) is 2.77. The molecule has 2 rings (SSSR count). The van der Waals surface area contributed by atoms with Gasteiger partial charge in [0.25, 0.3) is 0 Å². The molecular weight excluding hydrogens is 234 g/mol. The maximum absolute atomic E-state index is 5.68. The molecule has 0 saturated carbocycles. The Bertz CT molecular complexity index is 416. The second kappa shape index (κ2) is 6.51. The van der Waals surface area contributed by atoms with Gasteiger partial charge in [0.05, 0.1) is 0 Å². The van der Waals surface area contributed by atoms with Crippen LogP contribution in [0.2, 0.25) is 0 Å². The van der Waals surface area contributed by atoms with Gasteiger partial charge in [-0.3, -0.25) is 0 Å². The first-order valence-electron chi connectivity index (χ1n) is 7.24. The van der Waals surface area contributed by atoms with Gasteiger partial charge in [0.15, 0.2) is 0 Å². The summed E-state index contributed by atoms with van der Waals surface area (Å²) in [6.45, 7) is 7.55. The first kappa shape index (κ1) is 14.5. The molecule has 1 atom stereocenters. The summed E-state index contributed by atoms with van der Waals surface area (Å²) in [5.41, 5.74) is 9.68. The van der Waals surface area contributed by atoms with Crippen LogP contribution < -0.4 is 5.73 Å². The summed E-state index contributed by atoms with van der Waals surface area (Å²) < 4.78 is 0. The van der Waals surface area contributed by atoms with E-state index in [1.54, 1.807) is 0 Å². The van der Waals surface area contributed by atoms with E-state index in [2.05, 4.69) is 49.0 Å². The Kier molecular flexibility index (Phi) is 4.97. The molecule has 0 spiro atoms. The highest BCUT2D eigenvalue weighted by Gasteiger charge is 2.20. The van der Waals surface area contributed by atoms with Gasteiger partial charge in [-0.25, -0.2) is 0 Å². The van der Waals surface area contributed by atoms with Gasteiger partial charge in [-0.15, -0.1) is 0 Å². The van der Waals surface area contributed by atoms with Crippen molar-refractivity contribution in [2.24, 2.45) is 11.7 Å². The smallest absolute Gasteiger partial charge is 0.0233 e. The molecule has 1 aliphatic heterocycles. The Morgan fingerprint density at radius 3 is 2.79 bits per heavy atom. The maximum atomic E-state index is 5.68. The van der Waals surface area contributed by atoms with Crippen LogP contribution in [0.3, 0.4) is 0 Å². The lowest BCUT2D eigenvalue weighted by Gasteiger charge is -2.22. The third-order valence-electron chi connectivity index (χ3n) is 4.14. The predicted molar refractivity (Wildman–Crippen MR) is 81.0 cm³/mol. The van der Waals surface area contributed by atoms with Crippen LogP contribution in [0.15, 0.2) is 18.2 Å². The lowest BCUT2D eigenvalue weighted by atomic mass is 10.0. The summed E-state index contributed by atoms with van der Waals surface area (Å²) in [6.07, 6.45) is 1.34. The van der Waals surface area contributed by atoms with Crippen molar-refractivity contribution in [3.05, 3.63) is 34.9 Å². The lowest BCUT2D eigenvalue weighted by molar-refractivity contribution is 0.267. The van der Waals surface area contributed by atoms with Crippen molar-refractivity contribution in [3.8, 4) is 0 Å². The van der Waals surface area contributed by atoms with E-state index in [4.69, 9.17) is 5.73 Å². The van der Waals surface area contributed by atoms with Crippen LogP contribution in [-0.4, -0.2) is 43.5 Å². The second-order valence-electron chi connectivity index (χ2n) is 6.08. The normalized spacial score (nSPS) is 20.4. The van der Waals surface area contributed by atoms with Crippen molar-refractivity contribution in [1.29, 1.82) is 0 Å². The van der Waals surface area contributed by atoms with E-state index in [1.807, 2.05) is 0 Å². The highest BCUT2D eigenvalue weighted by atomic mass is 15.1. The average molecular weight is 261 g/mol. The van der Waals surface area contributed by atoms with Gasteiger partial charge in [0.2, 0.25) is 0 Å². The quantitative estimate of drug-likeness (QED) is 0.878. The van der Waals surface area contributed by atoms with Gasteiger partial charge in [-0.05, 0) is 56.6 Å². The number of nitrogens with two attached hydrogens (primary N) is 1. The van der Waals surface area contributed by atoms with Crippen LogP contribution in [0.25, 0.3) is 0 Å². The summed E-state index contributed by atoms with van der Waals surface area (Å²) in [4.78, 5) is 4.88. The maximum Gasteiger partial charge on any atom is 0.0233 e. The van der Waals surface area contributed by atoms with E-state index in [1.165, 1.54) is 42.7 Å². The molecule has 1 heterocycles. The molecule has 1 fully saturated rings. The number of aryl methyl sites for hydroxylation is 1. The number of hydrogen-bond acceptors (Lipinski definition) is 3. The van der Waals surface area contributed by atoms with Crippen molar-refractivity contribution in [2.75, 3.05) is 33.7 Å². The third-order valence-corrected chi connectivity index (χ3v) is 4.14. The van der Waals surface area contributed by atoms with Gasteiger partial charge in [-0.2, -0.15) is 0 Å². The highest BCUT2D eigenvalue weighted by Crippen LogP contribution is 2.18. The number of nitrogens with zero attached hydrogens (tertiary/aromatic N) is 2. The zero-order chi connectivity index (χ0) is 13.8. The van der Waals surface area contributed by atoms with Crippen molar-refractivity contribution < 1.29 is 0 Å². The molecule has 1 aromatic rings. The Morgan fingerprint density at radius 2 is 2.21 bits per heavy atom. The van der Waals surface area contributed by atoms with E-state index >= 15 is 0 Å². The van der Waals surface area contributed by atoms with Crippen LogP contribution in [-0.2, 0) is 13.1 Å². The van der Waals surface area contributed by atoms with E-state index < -0.39 is 0 Å². The Hall–Kier alpha value is -0.900. The fraction of sp³-hybridized carbons (Fsp3) is 0.625. The SMILES string of the molecule is Cc1cc(CN)ccc1CN(C)CC1CCN(C)C1. The molecule has 1 aliphatic rings. The zero-order valence-electron chi connectivity index (χ0n) is 12.5. The number of benzene rings is 1. The number of likely N-dealkylation sites (tertiary alicyclic amines) is 1. The molecule has 106 valence electrons. The molecule has 1 aromatic carbocycles. The van der Waals surface area contributed by atoms with Crippen LogP contribution in [0.5, 0.6) is 0 Å². The van der Waals surface area contributed by atoms with E-state index in [0.29, 0.717) is 6.54 Å². The lowest BCUT2D eigenvalue weighted by Crippen LogP contribution is -2.27. The summed E-state index contributed by atoms with van der Waals surface area (Å²) >= 11 is 0. The van der Waals surface area contributed by atoms with Gasteiger partial charge < -0.3 is 15.5 Å². The Labute approximate surface area is 117 Å². The molecule has 0 amide bonds. The monoisotopic (exact) mass is 261 g/mol. The van der Waals surface area contributed by atoms with Gasteiger partial charge >= 0.3 is 0 Å². The van der Waals surface area contributed by atoms with E-state index in [0.717, 1.165) is 12.5 Å². The van der Waals surface area contributed by atoms with E-state index in [-0.39, 0.29) is 0 Å². The minimum absolute atomic E-state index is 0.630. The standard InChI is InChI=1S/C16H27N3/c1-13-8-14(9-17)4-5-16(13)12-19(3)11-15-6-7-18(2)10-15/h4-5,8,15H,6-7,9-12,17H2,1-3H3. The minimum Gasteiger partial charge on any atom is -0.326 e. The molecule has 0 aliphatic carbocycles. The highest BCUT2D eigenvalue weighted by molar-refractivity contribution is 5.30. The molecule has 0 aromatic heterocycles. The molecule has 0 radical (unpaired) electrons. The number of hydrogen-bond donors (Lipinski definition) is 1. The molecule has 3 nitrogen and oxygen atoms in total. The number of rotatable bonds is 5. The van der Waals surface area contributed by atoms with Crippen molar-refractivity contribution in [1.82, 2.24) is 9.80 Å². The minimum atomic E-state index is 0.630. The fourth-order valence-electron chi connectivity index (χ4n) is 3.03. The predicted octanol–water partition coefficient (Wildman–Crippen LogP) is 1.84. The summed E-state index contributed by atoms with van der Waals surface area (Å²) in [5, 5.41) is 0. The molecule has 19 heavy (non-hydrogen) atoms. The first-order valence-corrected chi connectivity index (χ1v) is 7.24. The van der Waals surface area contributed by atoms with Crippen LogP contribution in [0.1, 0.15) is 23.1 Å². The fourth-order valence-corrected chi connectivity index (χ4v) is 3.03. The van der Waals surface area contributed by atoms with Crippen molar-refractivity contribution in [3.63, 3.8) is 0 Å². The van der Waals surface area contributed by atoms with Crippen LogP contribution in [0, 0.1) is 12.8 Å². The Balaban J connectivity index is 1.89. The topological polar surface area (TPSA) is 32.5 Å². The molecular formula is C16H27N3. The van der Waals surface area contributed by atoms with Crippen molar-refractivity contribution >= 4 is 0 Å². The largest absolute Gasteiger partial charge is 0.326 e. The molecule has 0 bridgehead atoms. The first-order chi connectivity index (χ1) is 9.08. The molecule has 3 heteroatoms. The molecule has 1 unspecified atom stereocenters. The second-order valence-corrected chi connectivity index (χ2v) is 6.08. The van der Waals surface area contributed by atoms with Crippen LogP contribution >= 0.6 is 0 Å².